The van der Waals surface area contributed by atoms with E-state index >= 15 is 0 Å². The predicted molar refractivity (Wildman–Crippen MR) is 94.7 cm³/mol. The second-order valence-electron chi connectivity index (χ2n) is 8.16. The van der Waals surface area contributed by atoms with Gasteiger partial charge in [0.05, 0.1) is 23.5 Å². The Morgan fingerprint density at radius 1 is 1.09 bits per heavy atom. The van der Waals surface area contributed by atoms with Crippen LogP contribution in [0.1, 0.15) is 54.0 Å². The molecule has 0 saturated carbocycles. The van der Waals surface area contributed by atoms with Gasteiger partial charge in [-0.3, -0.25) is 5.32 Å². The van der Waals surface area contributed by atoms with Crippen LogP contribution in [0.3, 0.4) is 0 Å². The molecule has 0 bridgehead atoms. The average molecular weight is 319 g/mol. The first-order valence-corrected chi connectivity index (χ1v) is 8.29. The minimum Gasteiger partial charge on any atom is -0.399 e. The zero-order valence-electron chi connectivity index (χ0n) is 15.5. The lowest BCUT2D eigenvalue weighted by Gasteiger charge is -2.32. The van der Waals surface area contributed by atoms with Gasteiger partial charge in [0.1, 0.15) is 0 Å². The van der Waals surface area contributed by atoms with E-state index < -0.39 is 0 Å². The Kier molecular flexibility index (Phi) is 5.26. The van der Waals surface area contributed by atoms with Gasteiger partial charge in [-0.2, -0.15) is 0 Å². The summed E-state index contributed by atoms with van der Waals surface area (Å²) in [6.07, 6.45) is 0. The van der Waals surface area contributed by atoms with E-state index in [0.717, 1.165) is 12.0 Å². The van der Waals surface area contributed by atoms with Gasteiger partial charge in [-0.05, 0) is 59.5 Å². The lowest BCUT2D eigenvalue weighted by Crippen LogP contribution is -2.41. The molecule has 5 heteroatoms. The van der Waals surface area contributed by atoms with E-state index in [9.17, 15) is 0 Å². The summed E-state index contributed by atoms with van der Waals surface area (Å²) < 4.78 is 17.9. The Morgan fingerprint density at radius 3 is 2.26 bits per heavy atom. The van der Waals surface area contributed by atoms with E-state index in [1.165, 1.54) is 5.56 Å². The highest BCUT2D eigenvalue weighted by atomic mass is 16.7. The molecule has 1 fully saturated rings. The van der Waals surface area contributed by atoms with Crippen LogP contribution >= 0.6 is 0 Å². The van der Waals surface area contributed by atoms with E-state index in [1.807, 2.05) is 26.8 Å². The summed E-state index contributed by atoms with van der Waals surface area (Å²) >= 11 is 0. The van der Waals surface area contributed by atoms with Crippen LogP contribution in [0.2, 0.25) is 0 Å². The molecule has 0 radical (unpaired) electrons. The van der Waals surface area contributed by atoms with Gasteiger partial charge in [0, 0.05) is 6.54 Å². The highest BCUT2D eigenvalue weighted by Gasteiger charge is 2.51. The van der Waals surface area contributed by atoms with Crippen LogP contribution in [-0.4, -0.2) is 30.7 Å². The van der Waals surface area contributed by atoms with Gasteiger partial charge in [-0.15, -0.1) is 0 Å². The number of benzene rings is 1. The fraction of sp³-hybridized carbons (Fsp3) is 0.667. The molecule has 0 unspecified atom stereocenters. The molecule has 0 atom stereocenters. The highest BCUT2D eigenvalue weighted by molar-refractivity contribution is 6.62. The fourth-order valence-electron chi connectivity index (χ4n) is 2.29. The first kappa shape index (κ1) is 18.5. The Hall–Kier alpha value is -0.875. The summed E-state index contributed by atoms with van der Waals surface area (Å²) in [7, 11) is -0.314. The molecule has 1 aromatic carbocycles. The predicted octanol–water partition coefficient (Wildman–Crippen LogP) is 2.85. The van der Waals surface area contributed by atoms with Crippen LogP contribution in [-0.2, 0) is 20.6 Å². The molecule has 1 N–H and O–H groups in total. The maximum absolute atomic E-state index is 6.11. The third-order valence-corrected chi connectivity index (χ3v) is 4.41. The Labute approximate surface area is 141 Å². The van der Waals surface area contributed by atoms with Crippen LogP contribution in [0.4, 0.5) is 0 Å². The van der Waals surface area contributed by atoms with Gasteiger partial charge >= 0.3 is 7.12 Å². The molecule has 23 heavy (non-hydrogen) atoms. The number of rotatable bonds is 5. The normalized spacial score (nSPS) is 20.0. The van der Waals surface area contributed by atoms with E-state index in [2.05, 4.69) is 51.2 Å². The Morgan fingerprint density at radius 2 is 1.70 bits per heavy atom. The zero-order chi connectivity index (χ0) is 17.3. The van der Waals surface area contributed by atoms with Gasteiger partial charge in [0.25, 0.3) is 0 Å². The van der Waals surface area contributed by atoms with Crippen molar-refractivity contribution in [1.29, 1.82) is 0 Å². The largest absolute Gasteiger partial charge is 0.494 e. The molecule has 0 aliphatic carbocycles. The molecular formula is C18H30BNO3. The van der Waals surface area contributed by atoms with Gasteiger partial charge in [0.2, 0.25) is 0 Å². The van der Waals surface area contributed by atoms with Crippen LogP contribution in [0.15, 0.2) is 24.3 Å². The van der Waals surface area contributed by atoms with Crippen LogP contribution in [0.25, 0.3) is 0 Å². The van der Waals surface area contributed by atoms with Gasteiger partial charge in [0.15, 0.2) is 0 Å². The fourth-order valence-corrected chi connectivity index (χ4v) is 2.29. The summed E-state index contributed by atoms with van der Waals surface area (Å²) in [4.78, 5) is 0. The molecule has 1 heterocycles. The monoisotopic (exact) mass is 319 g/mol. The number of hydrogen-bond donors (Lipinski definition) is 1. The maximum atomic E-state index is 6.11. The third-order valence-electron chi connectivity index (χ3n) is 4.41. The maximum Gasteiger partial charge on any atom is 0.494 e. The van der Waals surface area contributed by atoms with E-state index in [4.69, 9.17) is 14.0 Å². The Bertz CT molecular complexity index is 521. The minimum atomic E-state index is -0.314. The van der Waals surface area contributed by atoms with E-state index in [1.54, 1.807) is 0 Å². The molecule has 0 spiro atoms. The lowest BCUT2D eigenvalue weighted by molar-refractivity contribution is -0.0138. The van der Waals surface area contributed by atoms with Crippen LogP contribution in [0, 0.1) is 0 Å². The van der Waals surface area contributed by atoms with E-state index in [0.29, 0.717) is 6.73 Å². The average Bonchev–Trinajstić information content (AvgIpc) is 2.63. The Balaban J connectivity index is 1.96. The molecule has 1 aromatic rings. The zero-order valence-corrected chi connectivity index (χ0v) is 15.5. The number of ether oxygens (including phenoxy) is 1. The number of nitrogens with one attached hydrogen (secondary N) is 1. The van der Waals surface area contributed by atoms with Crippen molar-refractivity contribution in [1.82, 2.24) is 5.32 Å². The first-order valence-electron chi connectivity index (χ1n) is 8.29. The van der Waals surface area contributed by atoms with Crippen molar-refractivity contribution >= 4 is 12.6 Å². The quantitative estimate of drug-likeness (QED) is 0.515. The molecular weight excluding hydrogens is 289 g/mol. The van der Waals surface area contributed by atoms with E-state index in [-0.39, 0.29) is 23.9 Å². The van der Waals surface area contributed by atoms with Crippen LogP contribution in [0.5, 0.6) is 0 Å². The summed E-state index contributed by atoms with van der Waals surface area (Å²) in [5.74, 6) is 0. The van der Waals surface area contributed by atoms with Crippen molar-refractivity contribution in [2.24, 2.45) is 0 Å². The van der Waals surface area contributed by atoms with Crippen molar-refractivity contribution in [2.75, 3.05) is 6.73 Å². The van der Waals surface area contributed by atoms with Crippen molar-refractivity contribution < 1.29 is 14.0 Å². The highest BCUT2D eigenvalue weighted by Crippen LogP contribution is 2.36. The van der Waals surface area contributed by atoms with Crippen molar-refractivity contribution in [2.45, 2.75) is 71.8 Å². The second kappa shape index (κ2) is 6.56. The van der Waals surface area contributed by atoms with Crippen LogP contribution < -0.4 is 10.8 Å². The topological polar surface area (TPSA) is 39.7 Å². The molecule has 2 rings (SSSR count). The summed E-state index contributed by atoms with van der Waals surface area (Å²) in [6, 6.07) is 8.32. The van der Waals surface area contributed by atoms with Crippen molar-refractivity contribution in [3.63, 3.8) is 0 Å². The first-order chi connectivity index (χ1) is 10.5. The SMILES string of the molecule is CC(C)(C)OCNCc1cccc(B2OC(C)(C)C(C)(C)O2)c1. The summed E-state index contributed by atoms with van der Waals surface area (Å²) in [5, 5.41) is 3.30. The van der Waals surface area contributed by atoms with Gasteiger partial charge in [-0.1, -0.05) is 24.3 Å². The molecule has 4 nitrogen and oxygen atoms in total. The minimum absolute atomic E-state index is 0.127. The van der Waals surface area contributed by atoms with Crippen molar-refractivity contribution in [3.8, 4) is 0 Å². The molecule has 1 aliphatic rings. The smallest absolute Gasteiger partial charge is 0.399 e. The molecule has 0 aromatic heterocycles. The van der Waals surface area contributed by atoms with Gasteiger partial charge in [-0.25, -0.2) is 0 Å². The summed E-state index contributed by atoms with van der Waals surface area (Å²) in [5.41, 5.74) is 1.49. The molecule has 1 saturated heterocycles. The molecule has 128 valence electrons. The third kappa shape index (κ3) is 4.80. The molecule has 0 amide bonds. The van der Waals surface area contributed by atoms with Crippen molar-refractivity contribution in [3.05, 3.63) is 29.8 Å². The summed E-state index contributed by atoms with van der Waals surface area (Å²) in [6.45, 7) is 15.7. The number of hydrogen-bond acceptors (Lipinski definition) is 4. The van der Waals surface area contributed by atoms with Gasteiger partial charge < -0.3 is 14.0 Å². The standard InChI is InChI=1S/C18H30BNO3/c1-16(2,3)21-13-20-12-14-9-8-10-15(11-14)19-22-17(4,5)18(6,7)23-19/h8-11,20H,12-13H2,1-7H3. The lowest BCUT2D eigenvalue weighted by atomic mass is 9.78. The molecule has 1 aliphatic heterocycles. The second-order valence-corrected chi connectivity index (χ2v) is 8.16.